The van der Waals surface area contributed by atoms with Gasteiger partial charge in [-0.3, -0.25) is 0 Å². The molecule has 1 aliphatic heterocycles. The molecule has 112 valence electrons. The van der Waals surface area contributed by atoms with Crippen LogP contribution in [-0.2, 0) is 17.8 Å². The van der Waals surface area contributed by atoms with Crippen LogP contribution in [0.4, 0.5) is 4.79 Å². The van der Waals surface area contributed by atoms with Gasteiger partial charge in [-0.15, -0.1) is 0 Å². The second-order valence-corrected chi connectivity index (χ2v) is 6.42. The van der Waals surface area contributed by atoms with Gasteiger partial charge in [-0.1, -0.05) is 31.2 Å². The van der Waals surface area contributed by atoms with Gasteiger partial charge in [-0.2, -0.15) is 0 Å². The van der Waals surface area contributed by atoms with E-state index in [0.717, 1.165) is 24.0 Å². The third-order valence-corrected chi connectivity index (χ3v) is 4.56. The molecule has 5 nitrogen and oxygen atoms in total. The predicted octanol–water partition coefficient (Wildman–Crippen LogP) is 2.01. The molecule has 1 aliphatic carbocycles. The van der Waals surface area contributed by atoms with Crippen LogP contribution in [0.3, 0.4) is 0 Å². The molecule has 1 aromatic carbocycles. The Hall–Kier alpha value is -2.04. The maximum absolute atomic E-state index is 12.3. The van der Waals surface area contributed by atoms with Crippen molar-refractivity contribution in [2.45, 2.75) is 38.8 Å². The molecule has 2 amide bonds. The lowest BCUT2D eigenvalue weighted by atomic mass is 9.94. The number of nitrogens with zero attached hydrogens (tertiary/aromatic N) is 1. The Morgan fingerprint density at radius 3 is 2.62 bits per heavy atom. The lowest BCUT2D eigenvalue weighted by Gasteiger charge is -2.34. The summed E-state index contributed by atoms with van der Waals surface area (Å²) in [5.41, 5.74) is 2.26. The van der Waals surface area contributed by atoms with Crippen LogP contribution < -0.4 is 5.32 Å². The number of nitrogens with one attached hydrogen (secondary N) is 1. The Morgan fingerprint density at radius 1 is 1.33 bits per heavy atom. The van der Waals surface area contributed by atoms with E-state index in [0.29, 0.717) is 19.5 Å². The molecule has 0 spiro atoms. The average Bonchev–Trinajstić information content (AvgIpc) is 3.21. The van der Waals surface area contributed by atoms with Crippen LogP contribution in [0.25, 0.3) is 0 Å². The van der Waals surface area contributed by atoms with Crippen LogP contribution in [0.1, 0.15) is 30.9 Å². The lowest BCUT2D eigenvalue weighted by molar-refractivity contribution is -0.142. The molecule has 2 N–H and O–H groups in total. The van der Waals surface area contributed by atoms with Gasteiger partial charge in [0, 0.05) is 19.5 Å². The third-order valence-electron chi connectivity index (χ3n) is 4.56. The van der Waals surface area contributed by atoms with E-state index in [1.165, 1.54) is 4.90 Å². The second-order valence-electron chi connectivity index (χ2n) is 6.42. The van der Waals surface area contributed by atoms with Crippen molar-refractivity contribution in [3.8, 4) is 0 Å². The van der Waals surface area contributed by atoms with E-state index in [4.69, 9.17) is 0 Å². The first-order valence-corrected chi connectivity index (χ1v) is 7.33. The summed E-state index contributed by atoms with van der Waals surface area (Å²) in [6.07, 6.45) is 2.62. The van der Waals surface area contributed by atoms with Crippen molar-refractivity contribution in [2.24, 2.45) is 5.41 Å². The van der Waals surface area contributed by atoms with Crippen molar-refractivity contribution < 1.29 is 14.7 Å². The summed E-state index contributed by atoms with van der Waals surface area (Å²) >= 11 is 0. The maximum Gasteiger partial charge on any atom is 0.326 e. The molecule has 1 fully saturated rings. The zero-order valence-electron chi connectivity index (χ0n) is 12.1. The molecular weight excluding hydrogens is 268 g/mol. The summed E-state index contributed by atoms with van der Waals surface area (Å²) in [7, 11) is 0. The smallest absolute Gasteiger partial charge is 0.326 e. The molecule has 1 aromatic rings. The summed E-state index contributed by atoms with van der Waals surface area (Å²) < 4.78 is 0. The number of aliphatic carboxylic acids is 1. The summed E-state index contributed by atoms with van der Waals surface area (Å²) in [5.74, 6) is -0.947. The summed E-state index contributed by atoms with van der Waals surface area (Å²) in [6.45, 7) is 3.11. The van der Waals surface area contributed by atoms with Crippen LogP contribution in [0.5, 0.6) is 0 Å². The van der Waals surface area contributed by atoms with E-state index in [-0.39, 0.29) is 11.4 Å². The van der Waals surface area contributed by atoms with Crippen molar-refractivity contribution in [1.29, 1.82) is 0 Å². The first-order valence-electron chi connectivity index (χ1n) is 7.33. The number of benzene rings is 1. The Labute approximate surface area is 123 Å². The van der Waals surface area contributed by atoms with Crippen molar-refractivity contribution >= 4 is 12.0 Å². The zero-order valence-corrected chi connectivity index (χ0v) is 12.1. The van der Waals surface area contributed by atoms with Crippen LogP contribution in [-0.4, -0.2) is 34.6 Å². The summed E-state index contributed by atoms with van der Waals surface area (Å²) in [4.78, 5) is 25.3. The number of carboxylic acid groups (broad SMARTS) is 1. The standard InChI is InChI=1S/C16H20N2O3/c1-16(6-7-16)10-17-15(21)18-9-12-5-3-2-4-11(12)8-13(18)14(19)20/h2-5,13H,6-10H2,1H3,(H,17,21)(H,19,20)/t13-/m0/s1. The molecule has 5 heteroatoms. The largest absolute Gasteiger partial charge is 0.480 e. The number of carbonyl (C=O) groups is 2. The van der Waals surface area contributed by atoms with Gasteiger partial charge < -0.3 is 15.3 Å². The van der Waals surface area contributed by atoms with Gasteiger partial charge in [0.15, 0.2) is 0 Å². The van der Waals surface area contributed by atoms with Crippen molar-refractivity contribution in [1.82, 2.24) is 10.2 Å². The summed E-state index contributed by atoms with van der Waals surface area (Å²) in [5, 5.41) is 12.3. The molecule has 1 atom stereocenters. The number of hydrogen-bond acceptors (Lipinski definition) is 2. The first kappa shape index (κ1) is 13.9. The Morgan fingerprint density at radius 2 is 2.00 bits per heavy atom. The highest BCUT2D eigenvalue weighted by atomic mass is 16.4. The van der Waals surface area contributed by atoms with Crippen LogP contribution in [0, 0.1) is 5.41 Å². The van der Waals surface area contributed by atoms with Gasteiger partial charge in [0.2, 0.25) is 0 Å². The fourth-order valence-electron chi connectivity index (χ4n) is 2.74. The zero-order chi connectivity index (χ0) is 15.0. The summed E-state index contributed by atoms with van der Waals surface area (Å²) in [6, 6.07) is 6.65. The Kier molecular flexibility index (Phi) is 3.35. The normalized spacial score (nSPS) is 22.3. The highest BCUT2D eigenvalue weighted by Gasteiger charge is 2.39. The van der Waals surface area contributed by atoms with Gasteiger partial charge in [0.05, 0.1) is 0 Å². The van der Waals surface area contributed by atoms with Crippen LogP contribution >= 0.6 is 0 Å². The molecule has 2 aliphatic rings. The van der Waals surface area contributed by atoms with Gasteiger partial charge in [0.1, 0.15) is 6.04 Å². The minimum atomic E-state index is -0.947. The molecule has 0 unspecified atom stereocenters. The SMILES string of the molecule is CC1(CNC(=O)N2Cc3ccccc3C[C@H]2C(=O)O)CC1. The van der Waals surface area contributed by atoms with Gasteiger partial charge in [-0.05, 0) is 29.4 Å². The van der Waals surface area contributed by atoms with Crippen LogP contribution in [0.15, 0.2) is 24.3 Å². The number of amides is 2. The number of fused-ring (bicyclic) bond motifs is 1. The van der Waals surface area contributed by atoms with Crippen molar-refractivity contribution in [3.63, 3.8) is 0 Å². The molecule has 0 aromatic heterocycles. The molecule has 0 bridgehead atoms. The van der Waals surface area contributed by atoms with Crippen molar-refractivity contribution in [3.05, 3.63) is 35.4 Å². The van der Waals surface area contributed by atoms with E-state index in [9.17, 15) is 14.7 Å². The molecule has 21 heavy (non-hydrogen) atoms. The minimum absolute atomic E-state index is 0.210. The van der Waals surface area contributed by atoms with Gasteiger partial charge >= 0.3 is 12.0 Å². The van der Waals surface area contributed by atoms with Gasteiger partial charge in [-0.25, -0.2) is 9.59 Å². The lowest BCUT2D eigenvalue weighted by Crippen LogP contribution is -2.52. The Bertz CT molecular complexity index is 581. The average molecular weight is 288 g/mol. The molecule has 1 saturated carbocycles. The van der Waals surface area contributed by atoms with E-state index < -0.39 is 12.0 Å². The topological polar surface area (TPSA) is 69.6 Å². The molecule has 0 radical (unpaired) electrons. The highest BCUT2D eigenvalue weighted by molar-refractivity contribution is 5.83. The fourth-order valence-corrected chi connectivity index (χ4v) is 2.74. The number of hydrogen-bond donors (Lipinski definition) is 2. The third kappa shape index (κ3) is 2.86. The molecular formula is C16H20N2O3. The minimum Gasteiger partial charge on any atom is -0.480 e. The van der Waals surface area contributed by atoms with Crippen LogP contribution in [0.2, 0.25) is 0 Å². The number of carbonyl (C=O) groups excluding carboxylic acids is 1. The molecule has 1 heterocycles. The highest BCUT2D eigenvalue weighted by Crippen LogP contribution is 2.44. The fraction of sp³-hybridized carbons (Fsp3) is 0.500. The molecule has 0 saturated heterocycles. The first-order chi connectivity index (χ1) is 9.98. The monoisotopic (exact) mass is 288 g/mol. The van der Waals surface area contributed by atoms with E-state index in [2.05, 4.69) is 12.2 Å². The number of rotatable bonds is 3. The van der Waals surface area contributed by atoms with E-state index >= 15 is 0 Å². The number of carboxylic acids is 1. The van der Waals surface area contributed by atoms with E-state index in [1.807, 2.05) is 24.3 Å². The quantitative estimate of drug-likeness (QED) is 0.894. The Balaban J connectivity index is 1.75. The van der Waals surface area contributed by atoms with E-state index in [1.54, 1.807) is 0 Å². The predicted molar refractivity (Wildman–Crippen MR) is 77.9 cm³/mol. The second kappa shape index (κ2) is 5.06. The maximum atomic E-state index is 12.3. The number of urea groups is 1. The van der Waals surface area contributed by atoms with Crippen molar-refractivity contribution in [2.75, 3.05) is 6.54 Å². The van der Waals surface area contributed by atoms with Gasteiger partial charge in [0.25, 0.3) is 0 Å². The molecule has 3 rings (SSSR count).